The maximum atomic E-state index is 10.8. The lowest BCUT2D eigenvalue weighted by molar-refractivity contribution is -0.384. The van der Waals surface area contributed by atoms with Crippen LogP contribution in [0.4, 0.5) is 5.69 Å². The molecule has 0 aliphatic rings. The van der Waals surface area contributed by atoms with Gasteiger partial charge in [-0.05, 0) is 24.7 Å². The van der Waals surface area contributed by atoms with E-state index in [2.05, 4.69) is 14.9 Å². The molecule has 118 valence electrons. The van der Waals surface area contributed by atoms with Crippen molar-refractivity contribution in [1.29, 1.82) is 0 Å². The van der Waals surface area contributed by atoms with Crippen molar-refractivity contribution in [3.63, 3.8) is 0 Å². The number of nitro groups is 1. The standard InChI is InChI=1S/C16H15ClN4O2/c1-20(9-11-4-2-3-5-13(11)17)10-16-18-14-7-6-12(21(22)23)8-15(14)19-16/h2-8H,9-10H2,1H3,(H,18,19). The van der Waals surface area contributed by atoms with E-state index in [0.29, 0.717) is 18.6 Å². The van der Waals surface area contributed by atoms with Crippen LogP contribution in [0.5, 0.6) is 0 Å². The van der Waals surface area contributed by atoms with Crippen LogP contribution in [-0.2, 0) is 13.1 Å². The second-order valence-corrected chi connectivity index (χ2v) is 5.81. The van der Waals surface area contributed by atoms with Gasteiger partial charge in [0.25, 0.3) is 5.69 Å². The van der Waals surface area contributed by atoms with Crippen molar-refractivity contribution in [1.82, 2.24) is 14.9 Å². The lowest BCUT2D eigenvalue weighted by Crippen LogP contribution is -2.18. The number of imidazole rings is 1. The average Bonchev–Trinajstić information content (AvgIpc) is 2.90. The first-order valence-electron chi connectivity index (χ1n) is 7.08. The topological polar surface area (TPSA) is 75.1 Å². The molecule has 1 heterocycles. The number of nitrogens with one attached hydrogen (secondary N) is 1. The third-order valence-electron chi connectivity index (χ3n) is 3.54. The summed E-state index contributed by atoms with van der Waals surface area (Å²) in [6.07, 6.45) is 0. The molecule has 0 amide bonds. The summed E-state index contributed by atoms with van der Waals surface area (Å²) in [5, 5.41) is 11.6. The molecule has 3 aromatic rings. The van der Waals surface area contributed by atoms with Gasteiger partial charge in [-0.25, -0.2) is 4.98 Å². The van der Waals surface area contributed by atoms with E-state index in [0.717, 1.165) is 21.9 Å². The van der Waals surface area contributed by atoms with Gasteiger partial charge in [0, 0.05) is 23.7 Å². The van der Waals surface area contributed by atoms with Crippen molar-refractivity contribution in [3.8, 4) is 0 Å². The average molecular weight is 331 g/mol. The number of halogens is 1. The Kier molecular flexibility index (Phi) is 4.27. The van der Waals surface area contributed by atoms with Crippen molar-refractivity contribution in [2.75, 3.05) is 7.05 Å². The molecule has 3 rings (SSSR count). The zero-order valence-electron chi connectivity index (χ0n) is 12.5. The number of hydrogen-bond acceptors (Lipinski definition) is 4. The molecule has 0 fully saturated rings. The largest absolute Gasteiger partial charge is 0.341 e. The summed E-state index contributed by atoms with van der Waals surface area (Å²) in [5.74, 6) is 0.759. The Morgan fingerprint density at radius 3 is 2.78 bits per heavy atom. The Balaban J connectivity index is 1.76. The van der Waals surface area contributed by atoms with Crippen molar-refractivity contribution < 1.29 is 4.92 Å². The molecule has 0 spiro atoms. The van der Waals surface area contributed by atoms with Crippen LogP contribution < -0.4 is 0 Å². The predicted octanol–water partition coefficient (Wildman–Crippen LogP) is 3.76. The van der Waals surface area contributed by atoms with Gasteiger partial charge < -0.3 is 4.98 Å². The molecule has 0 bridgehead atoms. The van der Waals surface area contributed by atoms with E-state index in [9.17, 15) is 10.1 Å². The monoisotopic (exact) mass is 330 g/mol. The van der Waals surface area contributed by atoms with Gasteiger partial charge in [0.15, 0.2) is 0 Å². The van der Waals surface area contributed by atoms with Crippen molar-refractivity contribution in [3.05, 3.63) is 69.0 Å². The Morgan fingerprint density at radius 2 is 2.04 bits per heavy atom. The highest BCUT2D eigenvalue weighted by molar-refractivity contribution is 6.31. The summed E-state index contributed by atoms with van der Waals surface area (Å²) in [4.78, 5) is 20.1. The van der Waals surface area contributed by atoms with Gasteiger partial charge in [0.05, 0.1) is 22.5 Å². The lowest BCUT2D eigenvalue weighted by atomic mass is 10.2. The van der Waals surface area contributed by atoms with Crippen LogP contribution in [0.1, 0.15) is 11.4 Å². The van der Waals surface area contributed by atoms with E-state index in [-0.39, 0.29) is 5.69 Å². The summed E-state index contributed by atoms with van der Waals surface area (Å²) in [6.45, 7) is 1.28. The predicted molar refractivity (Wildman–Crippen MR) is 89.4 cm³/mol. The number of nitrogens with zero attached hydrogens (tertiary/aromatic N) is 3. The zero-order chi connectivity index (χ0) is 16.4. The van der Waals surface area contributed by atoms with Crippen LogP contribution in [0, 0.1) is 10.1 Å². The number of rotatable bonds is 5. The zero-order valence-corrected chi connectivity index (χ0v) is 13.2. The number of H-pyrrole nitrogens is 1. The molecule has 6 nitrogen and oxygen atoms in total. The molecule has 0 saturated carbocycles. The molecule has 1 aromatic heterocycles. The summed E-state index contributed by atoms with van der Waals surface area (Å²) in [6, 6.07) is 12.3. The first-order chi connectivity index (χ1) is 11.0. The highest BCUT2D eigenvalue weighted by atomic mass is 35.5. The van der Waals surface area contributed by atoms with Crippen molar-refractivity contribution >= 4 is 28.3 Å². The van der Waals surface area contributed by atoms with Gasteiger partial charge in [-0.15, -0.1) is 0 Å². The molecule has 1 N–H and O–H groups in total. The molecule has 0 aliphatic carbocycles. The molecule has 0 aliphatic heterocycles. The molecular formula is C16H15ClN4O2. The molecule has 2 aromatic carbocycles. The number of benzene rings is 2. The maximum Gasteiger partial charge on any atom is 0.271 e. The van der Waals surface area contributed by atoms with Crippen LogP contribution >= 0.6 is 11.6 Å². The van der Waals surface area contributed by atoms with Gasteiger partial charge in [0.1, 0.15) is 5.82 Å². The maximum absolute atomic E-state index is 10.8. The smallest absolute Gasteiger partial charge is 0.271 e. The minimum atomic E-state index is -0.413. The number of fused-ring (bicyclic) bond motifs is 1. The van der Waals surface area contributed by atoms with Crippen LogP contribution in [0.2, 0.25) is 5.02 Å². The summed E-state index contributed by atoms with van der Waals surface area (Å²) in [7, 11) is 1.97. The quantitative estimate of drug-likeness (QED) is 0.571. The summed E-state index contributed by atoms with van der Waals surface area (Å²) in [5.41, 5.74) is 2.48. The number of aromatic nitrogens is 2. The minimum Gasteiger partial charge on any atom is -0.341 e. The highest BCUT2D eigenvalue weighted by Crippen LogP contribution is 2.20. The third kappa shape index (κ3) is 3.49. The molecular weight excluding hydrogens is 316 g/mol. The van der Waals surface area contributed by atoms with Crippen molar-refractivity contribution in [2.24, 2.45) is 0 Å². The third-order valence-corrected chi connectivity index (χ3v) is 3.91. The number of aromatic amines is 1. The van der Waals surface area contributed by atoms with E-state index >= 15 is 0 Å². The number of hydrogen-bond donors (Lipinski definition) is 1. The van der Waals surface area contributed by atoms with Crippen LogP contribution in [0.3, 0.4) is 0 Å². The number of non-ortho nitro benzene ring substituents is 1. The second kappa shape index (κ2) is 6.36. The lowest BCUT2D eigenvalue weighted by Gasteiger charge is -2.15. The van der Waals surface area contributed by atoms with Gasteiger partial charge in [-0.2, -0.15) is 0 Å². The molecule has 0 unspecified atom stereocenters. The highest BCUT2D eigenvalue weighted by Gasteiger charge is 2.11. The fraction of sp³-hybridized carbons (Fsp3) is 0.188. The van der Waals surface area contributed by atoms with E-state index in [1.54, 1.807) is 6.07 Å². The van der Waals surface area contributed by atoms with Crippen LogP contribution in [0.15, 0.2) is 42.5 Å². The molecule has 23 heavy (non-hydrogen) atoms. The van der Waals surface area contributed by atoms with Gasteiger partial charge in [0.2, 0.25) is 0 Å². The summed E-state index contributed by atoms with van der Waals surface area (Å²) >= 11 is 6.17. The summed E-state index contributed by atoms with van der Waals surface area (Å²) < 4.78 is 0. The van der Waals surface area contributed by atoms with Crippen molar-refractivity contribution in [2.45, 2.75) is 13.1 Å². The first-order valence-corrected chi connectivity index (χ1v) is 7.46. The Hall–Kier alpha value is -2.44. The van der Waals surface area contributed by atoms with E-state index in [4.69, 9.17) is 11.6 Å². The fourth-order valence-corrected chi connectivity index (χ4v) is 2.66. The molecule has 0 saturated heterocycles. The van der Waals surface area contributed by atoms with Gasteiger partial charge in [-0.3, -0.25) is 15.0 Å². The second-order valence-electron chi connectivity index (χ2n) is 5.41. The fourth-order valence-electron chi connectivity index (χ4n) is 2.47. The Bertz CT molecular complexity index is 862. The van der Waals surface area contributed by atoms with Gasteiger partial charge >= 0.3 is 0 Å². The van der Waals surface area contributed by atoms with Crippen LogP contribution in [0.25, 0.3) is 11.0 Å². The normalized spacial score (nSPS) is 11.3. The van der Waals surface area contributed by atoms with Gasteiger partial charge in [-0.1, -0.05) is 29.8 Å². The van der Waals surface area contributed by atoms with E-state index in [1.165, 1.54) is 12.1 Å². The minimum absolute atomic E-state index is 0.0529. The van der Waals surface area contributed by atoms with E-state index < -0.39 is 4.92 Å². The molecule has 0 atom stereocenters. The Labute approximate surface area is 137 Å². The Morgan fingerprint density at radius 1 is 1.26 bits per heavy atom. The number of nitro benzene ring substituents is 1. The molecule has 7 heteroatoms. The molecule has 0 radical (unpaired) electrons. The van der Waals surface area contributed by atoms with E-state index in [1.807, 2.05) is 31.3 Å². The first kappa shape index (κ1) is 15.5. The SMILES string of the molecule is CN(Cc1nc2ccc([N+](=O)[O-])cc2[nH]1)Cc1ccccc1Cl. The van der Waals surface area contributed by atoms with Crippen LogP contribution in [-0.4, -0.2) is 26.8 Å².